The molecule has 7 heteroatoms. The summed E-state index contributed by atoms with van der Waals surface area (Å²) < 4.78 is 4.52. The maximum atomic E-state index is 8.63. The van der Waals surface area contributed by atoms with Crippen molar-refractivity contribution < 1.29 is 14.4 Å². The van der Waals surface area contributed by atoms with Crippen LogP contribution in [0.4, 0.5) is 0 Å². The molecule has 2 N–H and O–H groups in total. The van der Waals surface area contributed by atoms with Crippen LogP contribution in [0.25, 0.3) is 0 Å². The smallest absolute Gasteiger partial charge is 0.323 e. The van der Waals surface area contributed by atoms with E-state index in [9.17, 15) is 0 Å². The summed E-state index contributed by atoms with van der Waals surface area (Å²) in [5.41, 5.74) is 0. The lowest BCUT2D eigenvalue weighted by Gasteiger charge is -2.15. The number of nitrogens with zero attached hydrogens (tertiary/aromatic N) is 2. The molecule has 0 fully saturated rings. The molecule has 0 spiro atoms. The third-order valence-corrected chi connectivity index (χ3v) is 1.49. The number of aliphatic imine (C=N–C) groups is 1. The second-order valence-electron chi connectivity index (χ2n) is 1.73. The fraction of sp³-hybridized carbons (Fsp3) is 0.667. The van der Waals surface area contributed by atoms with Crippen molar-refractivity contribution in [3.05, 3.63) is 0 Å². The number of rotatable bonds is 2. The molecule has 1 aliphatic heterocycles. The first-order valence-electron chi connectivity index (χ1n) is 2.60. The van der Waals surface area contributed by atoms with Crippen molar-refractivity contribution in [2.45, 2.75) is 0 Å². The molecule has 0 unspecified atom stereocenters. The highest BCUT2D eigenvalue weighted by Crippen LogP contribution is 2.37. The van der Waals surface area contributed by atoms with Gasteiger partial charge in [0.05, 0.1) is 13.1 Å². The quantitative estimate of drug-likeness (QED) is 0.562. The molecule has 0 radical (unpaired) electrons. The molecular formula is C3H7N2O3PS. The molecule has 58 valence electrons. The van der Waals surface area contributed by atoms with Gasteiger partial charge in [-0.15, -0.1) is 0 Å². The highest BCUT2D eigenvalue weighted by atomic mass is 32.5. The van der Waals surface area contributed by atoms with Gasteiger partial charge in [-0.25, -0.2) is 5.06 Å². The topological polar surface area (TPSA) is 65.3 Å². The summed E-state index contributed by atoms with van der Waals surface area (Å²) in [6.45, 7) is -2.41. The van der Waals surface area contributed by atoms with Crippen molar-refractivity contribution in [3.63, 3.8) is 0 Å². The van der Waals surface area contributed by atoms with Crippen molar-refractivity contribution in [1.29, 1.82) is 0 Å². The van der Waals surface area contributed by atoms with Gasteiger partial charge >= 0.3 is 6.72 Å². The fourth-order valence-electron chi connectivity index (χ4n) is 0.561. The van der Waals surface area contributed by atoms with Crippen LogP contribution in [0.15, 0.2) is 4.99 Å². The Morgan fingerprint density at radius 3 is 2.80 bits per heavy atom. The van der Waals surface area contributed by atoms with Crippen molar-refractivity contribution in [2.75, 3.05) is 13.1 Å². The predicted molar refractivity (Wildman–Crippen MR) is 39.9 cm³/mol. The van der Waals surface area contributed by atoms with Crippen LogP contribution < -0.4 is 0 Å². The van der Waals surface area contributed by atoms with E-state index in [1.165, 1.54) is 11.4 Å². The minimum absolute atomic E-state index is 0.527. The molecule has 10 heavy (non-hydrogen) atoms. The predicted octanol–water partition coefficient (Wildman–Crippen LogP) is -0.529. The second-order valence-corrected chi connectivity index (χ2v) is 4.31. The molecule has 0 aromatic heterocycles. The first kappa shape index (κ1) is 8.10. The molecule has 0 aliphatic carbocycles. The molecule has 1 aliphatic rings. The van der Waals surface area contributed by atoms with Gasteiger partial charge in [-0.2, -0.15) is 4.62 Å². The zero-order chi connectivity index (χ0) is 7.61. The highest BCUT2D eigenvalue weighted by Gasteiger charge is 2.15. The van der Waals surface area contributed by atoms with Gasteiger partial charge in [-0.05, 0) is 11.8 Å². The maximum absolute atomic E-state index is 8.63. The van der Waals surface area contributed by atoms with Crippen LogP contribution in [-0.4, -0.2) is 34.3 Å². The van der Waals surface area contributed by atoms with E-state index in [0.717, 1.165) is 0 Å². The van der Waals surface area contributed by atoms with Gasteiger partial charge in [-0.3, -0.25) is 4.99 Å². The van der Waals surface area contributed by atoms with Crippen molar-refractivity contribution in [3.8, 4) is 0 Å². The van der Waals surface area contributed by atoms with E-state index in [2.05, 4.69) is 21.4 Å². The highest BCUT2D eigenvalue weighted by molar-refractivity contribution is 8.06. The first-order chi connectivity index (χ1) is 4.58. The molecule has 0 aromatic carbocycles. The van der Waals surface area contributed by atoms with Gasteiger partial charge < -0.3 is 9.79 Å². The molecule has 0 aromatic rings. The Hall–Kier alpha value is 0. The van der Waals surface area contributed by atoms with Crippen molar-refractivity contribution in [2.24, 2.45) is 4.99 Å². The number of hydrogen-bond donors (Lipinski definition) is 2. The van der Waals surface area contributed by atoms with E-state index in [1.807, 2.05) is 0 Å². The summed E-state index contributed by atoms with van der Waals surface area (Å²) in [5, 5.41) is 1.22. The third-order valence-electron chi connectivity index (χ3n) is 0.871. The van der Waals surface area contributed by atoms with Gasteiger partial charge in [0.2, 0.25) is 0 Å². The average molecular weight is 182 g/mol. The number of hydroxylamine groups is 2. The van der Waals surface area contributed by atoms with Gasteiger partial charge in [0.25, 0.3) is 0 Å². The molecule has 1 heterocycles. The Bertz CT molecular complexity index is 190. The molecule has 1 rings (SSSR count). The molecule has 0 atom stereocenters. The Morgan fingerprint density at radius 1 is 1.70 bits per heavy atom. The second kappa shape index (κ2) is 2.94. The van der Waals surface area contributed by atoms with Gasteiger partial charge in [0.15, 0.2) is 0 Å². The molecule has 0 saturated carbocycles. The van der Waals surface area contributed by atoms with Gasteiger partial charge in [0, 0.05) is 0 Å². The minimum Gasteiger partial charge on any atom is -0.323 e. The van der Waals surface area contributed by atoms with Crippen LogP contribution in [0.3, 0.4) is 0 Å². The van der Waals surface area contributed by atoms with Crippen LogP contribution in [0.5, 0.6) is 0 Å². The normalized spacial score (nSPS) is 18.4. The summed E-state index contributed by atoms with van der Waals surface area (Å²) in [6.07, 6.45) is 1.38. The van der Waals surface area contributed by atoms with Gasteiger partial charge in [0.1, 0.15) is 6.34 Å². The standard InChI is InChI=1S/C3H7N2O3PS/c6-9(7,10)8-5-2-1-4-3-5/h3H,1-2H2,(H2,6,7,10). The summed E-state index contributed by atoms with van der Waals surface area (Å²) >= 11 is 4.22. The maximum Gasteiger partial charge on any atom is 0.343 e. The fourth-order valence-corrected chi connectivity index (χ4v) is 1.22. The summed E-state index contributed by atoms with van der Waals surface area (Å²) in [6, 6.07) is 0. The van der Waals surface area contributed by atoms with Crippen molar-refractivity contribution in [1.82, 2.24) is 5.06 Å². The zero-order valence-corrected chi connectivity index (χ0v) is 6.76. The zero-order valence-electron chi connectivity index (χ0n) is 5.04. The van der Waals surface area contributed by atoms with E-state index in [4.69, 9.17) is 9.79 Å². The Balaban J connectivity index is 2.39. The third kappa shape index (κ3) is 2.72. The van der Waals surface area contributed by atoms with E-state index >= 15 is 0 Å². The monoisotopic (exact) mass is 182 g/mol. The molecular weight excluding hydrogens is 175 g/mol. The average Bonchev–Trinajstić information content (AvgIpc) is 2.12. The minimum atomic E-state index is -3.55. The first-order valence-corrected chi connectivity index (χ1v) is 5.22. The van der Waals surface area contributed by atoms with Crippen LogP contribution in [0.2, 0.25) is 0 Å². The summed E-state index contributed by atoms with van der Waals surface area (Å²) in [4.78, 5) is 21.0. The van der Waals surface area contributed by atoms with Crippen LogP contribution in [-0.2, 0) is 16.4 Å². The molecule has 0 saturated heterocycles. The lowest BCUT2D eigenvalue weighted by atomic mass is 10.7. The number of hydrogen-bond acceptors (Lipinski definition) is 4. The largest absolute Gasteiger partial charge is 0.343 e. The Morgan fingerprint density at radius 2 is 2.40 bits per heavy atom. The van der Waals surface area contributed by atoms with Gasteiger partial charge in [-0.1, -0.05) is 0 Å². The SMILES string of the molecule is OP(O)(=S)ON1C=NCC1. The molecule has 0 amide bonds. The van der Waals surface area contributed by atoms with Crippen LogP contribution in [0.1, 0.15) is 0 Å². The summed E-state index contributed by atoms with van der Waals surface area (Å²) in [7, 11) is 0. The van der Waals surface area contributed by atoms with E-state index in [0.29, 0.717) is 13.1 Å². The summed E-state index contributed by atoms with van der Waals surface area (Å²) in [5.74, 6) is 0. The van der Waals surface area contributed by atoms with Crippen LogP contribution >= 0.6 is 6.72 Å². The lowest BCUT2D eigenvalue weighted by Crippen LogP contribution is -2.18. The Labute approximate surface area is 63.2 Å². The van der Waals surface area contributed by atoms with E-state index in [1.54, 1.807) is 0 Å². The van der Waals surface area contributed by atoms with E-state index < -0.39 is 6.72 Å². The van der Waals surface area contributed by atoms with Crippen LogP contribution in [0, 0.1) is 0 Å². The van der Waals surface area contributed by atoms with E-state index in [-0.39, 0.29) is 0 Å². The molecule has 5 nitrogen and oxygen atoms in total. The van der Waals surface area contributed by atoms with Crippen molar-refractivity contribution >= 4 is 24.9 Å². The molecule has 0 bridgehead atoms. The Kier molecular flexibility index (Phi) is 2.38. The lowest BCUT2D eigenvalue weighted by molar-refractivity contribution is 0.0204.